The standard InChI is InChI=1S/C13H22N4S/c1-17(6-3-7-18-2)13-11(8-14-10-16-13)9-15-12-4-5-12/h8,10,12,15H,3-7,9H2,1-2H3. The molecule has 2 rings (SSSR count). The monoisotopic (exact) mass is 266 g/mol. The van der Waals surface area contributed by atoms with E-state index in [1.54, 1.807) is 6.33 Å². The lowest BCUT2D eigenvalue weighted by atomic mass is 10.2. The fraction of sp³-hybridized carbons (Fsp3) is 0.692. The minimum absolute atomic E-state index is 0.722. The number of aromatic nitrogens is 2. The summed E-state index contributed by atoms with van der Waals surface area (Å²) >= 11 is 1.89. The Morgan fingerprint density at radius 3 is 3.06 bits per heavy atom. The van der Waals surface area contributed by atoms with Gasteiger partial charge in [0.2, 0.25) is 0 Å². The predicted octanol–water partition coefficient (Wildman–Crippen LogP) is 1.92. The predicted molar refractivity (Wildman–Crippen MR) is 78.2 cm³/mol. The van der Waals surface area contributed by atoms with Crippen LogP contribution in [0.25, 0.3) is 0 Å². The van der Waals surface area contributed by atoms with E-state index in [9.17, 15) is 0 Å². The van der Waals surface area contributed by atoms with Crippen LogP contribution in [0.1, 0.15) is 24.8 Å². The Morgan fingerprint density at radius 2 is 2.33 bits per heavy atom. The lowest BCUT2D eigenvalue weighted by Gasteiger charge is -2.20. The van der Waals surface area contributed by atoms with Gasteiger partial charge in [-0.25, -0.2) is 9.97 Å². The van der Waals surface area contributed by atoms with E-state index in [1.807, 2.05) is 18.0 Å². The summed E-state index contributed by atoms with van der Waals surface area (Å²) in [4.78, 5) is 10.8. The summed E-state index contributed by atoms with van der Waals surface area (Å²) in [5, 5.41) is 3.52. The van der Waals surface area contributed by atoms with Crippen LogP contribution in [0.4, 0.5) is 5.82 Å². The molecule has 1 aliphatic rings. The topological polar surface area (TPSA) is 41.1 Å². The van der Waals surface area contributed by atoms with Crippen LogP contribution in [0.2, 0.25) is 0 Å². The van der Waals surface area contributed by atoms with Crippen LogP contribution < -0.4 is 10.2 Å². The smallest absolute Gasteiger partial charge is 0.136 e. The summed E-state index contributed by atoms with van der Waals surface area (Å²) in [5.74, 6) is 2.27. The molecule has 0 aromatic carbocycles. The molecule has 1 aromatic heterocycles. The van der Waals surface area contributed by atoms with Gasteiger partial charge in [0.05, 0.1) is 0 Å². The molecule has 1 N–H and O–H groups in total. The first-order valence-corrected chi connectivity index (χ1v) is 7.93. The van der Waals surface area contributed by atoms with Crippen molar-refractivity contribution in [2.75, 3.05) is 30.5 Å². The van der Waals surface area contributed by atoms with Gasteiger partial charge in [0.1, 0.15) is 12.1 Å². The van der Waals surface area contributed by atoms with Crippen molar-refractivity contribution in [1.29, 1.82) is 0 Å². The van der Waals surface area contributed by atoms with Crippen LogP contribution in [0, 0.1) is 0 Å². The van der Waals surface area contributed by atoms with Crippen molar-refractivity contribution in [3.63, 3.8) is 0 Å². The number of hydrogen-bond donors (Lipinski definition) is 1. The van der Waals surface area contributed by atoms with Gasteiger partial charge in [0.25, 0.3) is 0 Å². The Hall–Kier alpha value is -0.810. The summed E-state index contributed by atoms with van der Waals surface area (Å²) in [6.07, 6.45) is 9.54. The molecule has 1 aliphatic carbocycles. The maximum atomic E-state index is 4.42. The van der Waals surface area contributed by atoms with Crippen molar-refractivity contribution in [3.8, 4) is 0 Å². The second-order valence-corrected chi connectivity index (χ2v) is 5.78. The zero-order valence-electron chi connectivity index (χ0n) is 11.2. The molecule has 1 aromatic rings. The van der Waals surface area contributed by atoms with Gasteiger partial charge >= 0.3 is 0 Å². The van der Waals surface area contributed by atoms with Crippen LogP contribution in [0.3, 0.4) is 0 Å². The molecular weight excluding hydrogens is 244 g/mol. The zero-order valence-corrected chi connectivity index (χ0v) is 12.0. The summed E-state index contributed by atoms with van der Waals surface area (Å²) in [6, 6.07) is 0.722. The highest BCUT2D eigenvalue weighted by molar-refractivity contribution is 7.98. The number of nitrogens with one attached hydrogen (secondary N) is 1. The van der Waals surface area contributed by atoms with Crippen molar-refractivity contribution in [3.05, 3.63) is 18.1 Å². The van der Waals surface area contributed by atoms with Crippen molar-refractivity contribution >= 4 is 17.6 Å². The molecule has 0 unspecified atom stereocenters. The number of nitrogens with zero attached hydrogens (tertiary/aromatic N) is 3. The quantitative estimate of drug-likeness (QED) is 0.728. The largest absolute Gasteiger partial charge is 0.359 e. The fourth-order valence-electron chi connectivity index (χ4n) is 1.91. The molecule has 18 heavy (non-hydrogen) atoms. The van der Waals surface area contributed by atoms with Crippen molar-refractivity contribution in [2.45, 2.75) is 31.8 Å². The third-order valence-corrected chi connectivity index (χ3v) is 3.82. The third-order valence-electron chi connectivity index (χ3n) is 3.13. The number of thioether (sulfide) groups is 1. The minimum Gasteiger partial charge on any atom is -0.359 e. The van der Waals surface area contributed by atoms with Gasteiger partial charge in [-0.2, -0.15) is 11.8 Å². The summed E-state index contributed by atoms with van der Waals surface area (Å²) in [6.45, 7) is 1.93. The first kappa shape index (κ1) is 13.6. The van der Waals surface area contributed by atoms with E-state index in [0.717, 1.165) is 24.9 Å². The summed E-state index contributed by atoms with van der Waals surface area (Å²) < 4.78 is 0. The molecule has 0 saturated heterocycles. The van der Waals surface area contributed by atoms with Crippen molar-refractivity contribution < 1.29 is 0 Å². The average molecular weight is 266 g/mol. The van der Waals surface area contributed by atoms with Crippen LogP contribution in [-0.4, -0.2) is 41.6 Å². The Labute approximate surface area is 114 Å². The lowest BCUT2D eigenvalue weighted by molar-refractivity contribution is 0.679. The molecule has 1 heterocycles. The Bertz CT molecular complexity index is 368. The first-order valence-electron chi connectivity index (χ1n) is 6.53. The van der Waals surface area contributed by atoms with Gasteiger partial charge in [-0.15, -0.1) is 0 Å². The second-order valence-electron chi connectivity index (χ2n) is 4.79. The van der Waals surface area contributed by atoms with Gasteiger partial charge < -0.3 is 10.2 Å². The molecule has 0 amide bonds. The van der Waals surface area contributed by atoms with Crippen LogP contribution in [-0.2, 0) is 6.54 Å². The van der Waals surface area contributed by atoms with Crippen molar-refractivity contribution in [2.24, 2.45) is 0 Å². The van der Waals surface area contributed by atoms with Gasteiger partial charge in [0.15, 0.2) is 0 Å². The van der Waals surface area contributed by atoms with Crippen LogP contribution in [0.5, 0.6) is 0 Å². The van der Waals surface area contributed by atoms with E-state index < -0.39 is 0 Å². The highest BCUT2D eigenvalue weighted by atomic mass is 32.2. The van der Waals surface area contributed by atoms with E-state index >= 15 is 0 Å². The molecule has 5 heteroatoms. The molecule has 100 valence electrons. The molecule has 4 nitrogen and oxygen atoms in total. The Morgan fingerprint density at radius 1 is 1.50 bits per heavy atom. The maximum absolute atomic E-state index is 4.42. The Kier molecular flexibility index (Phi) is 5.26. The summed E-state index contributed by atoms with van der Waals surface area (Å²) in [7, 11) is 2.11. The fourth-order valence-corrected chi connectivity index (χ4v) is 2.33. The van der Waals surface area contributed by atoms with Gasteiger partial charge in [-0.3, -0.25) is 0 Å². The summed E-state index contributed by atoms with van der Waals surface area (Å²) in [5.41, 5.74) is 1.20. The minimum atomic E-state index is 0.722. The number of hydrogen-bond acceptors (Lipinski definition) is 5. The molecule has 1 saturated carbocycles. The normalized spacial score (nSPS) is 14.8. The first-order chi connectivity index (χ1) is 8.81. The Balaban J connectivity index is 1.91. The average Bonchev–Trinajstić information content (AvgIpc) is 3.21. The van der Waals surface area contributed by atoms with Gasteiger partial charge in [-0.05, 0) is 31.3 Å². The van der Waals surface area contributed by atoms with Crippen LogP contribution in [0.15, 0.2) is 12.5 Å². The zero-order chi connectivity index (χ0) is 12.8. The van der Waals surface area contributed by atoms with E-state index in [0.29, 0.717) is 0 Å². The van der Waals surface area contributed by atoms with Gasteiger partial charge in [-0.1, -0.05) is 0 Å². The van der Waals surface area contributed by atoms with E-state index in [1.165, 1.54) is 30.6 Å². The molecule has 0 spiro atoms. The number of anilines is 1. The molecule has 0 bridgehead atoms. The van der Waals surface area contributed by atoms with Gasteiger partial charge in [0, 0.05) is 37.9 Å². The van der Waals surface area contributed by atoms with E-state index in [-0.39, 0.29) is 0 Å². The molecule has 1 fully saturated rings. The third kappa shape index (κ3) is 4.14. The number of rotatable bonds is 8. The molecular formula is C13H22N4S. The lowest BCUT2D eigenvalue weighted by Crippen LogP contribution is -2.24. The maximum Gasteiger partial charge on any atom is 0.136 e. The van der Waals surface area contributed by atoms with E-state index in [2.05, 4.69) is 33.5 Å². The highest BCUT2D eigenvalue weighted by Crippen LogP contribution is 2.21. The van der Waals surface area contributed by atoms with Crippen LogP contribution >= 0.6 is 11.8 Å². The SMILES string of the molecule is CSCCCN(C)c1ncncc1CNC1CC1. The molecule has 0 atom stereocenters. The second kappa shape index (κ2) is 6.95. The highest BCUT2D eigenvalue weighted by Gasteiger charge is 2.21. The molecule has 0 radical (unpaired) electrons. The van der Waals surface area contributed by atoms with Crippen molar-refractivity contribution in [1.82, 2.24) is 15.3 Å². The molecule has 0 aliphatic heterocycles. The van der Waals surface area contributed by atoms with E-state index in [4.69, 9.17) is 0 Å².